The van der Waals surface area contributed by atoms with Gasteiger partial charge in [-0.15, -0.1) is 0 Å². The highest BCUT2D eigenvalue weighted by Gasteiger charge is 2.44. The molecule has 0 heterocycles. The minimum atomic E-state index is -0.0927. The molecule has 2 aromatic rings. The lowest BCUT2D eigenvalue weighted by Crippen LogP contribution is -2.39. The van der Waals surface area contributed by atoms with Gasteiger partial charge in [-0.1, -0.05) is 59.7 Å². The van der Waals surface area contributed by atoms with Crippen LogP contribution in [-0.2, 0) is 12.0 Å². The van der Waals surface area contributed by atoms with Crippen molar-refractivity contribution in [2.75, 3.05) is 6.54 Å². The van der Waals surface area contributed by atoms with Crippen molar-refractivity contribution in [2.24, 2.45) is 0 Å². The van der Waals surface area contributed by atoms with Gasteiger partial charge in [-0.3, -0.25) is 0 Å². The monoisotopic (exact) mass is 308 g/mol. The highest BCUT2D eigenvalue weighted by molar-refractivity contribution is 5.74. The van der Waals surface area contributed by atoms with Crippen molar-refractivity contribution in [3.05, 3.63) is 70.8 Å². The van der Waals surface area contributed by atoms with Gasteiger partial charge in [-0.2, -0.15) is 0 Å². The van der Waals surface area contributed by atoms with Gasteiger partial charge in [0.05, 0.1) is 0 Å². The molecule has 3 heteroatoms. The van der Waals surface area contributed by atoms with Crippen molar-refractivity contribution >= 4 is 6.03 Å². The van der Waals surface area contributed by atoms with E-state index in [1.807, 2.05) is 12.1 Å². The largest absolute Gasteiger partial charge is 0.337 e. The molecule has 0 atom stereocenters. The number of amides is 2. The number of urea groups is 1. The van der Waals surface area contributed by atoms with Gasteiger partial charge in [0, 0.05) is 18.5 Å². The average molecular weight is 308 g/mol. The van der Waals surface area contributed by atoms with Crippen LogP contribution in [0.3, 0.4) is 0 Å². The van der Waals surface area contributed by atoms with Crippen LogP contribution in [0.25, 0.3) is 0 Å². The zero-order valence-corrected chi connectivity index (χ0v) is 13.9. The summed E-state index contributed by atoms with van der Waals surface area (Å²) in [6.45, 7) is 5.42. The summed E-state index contributed by atoms with van der Waals surface area (Å²) in [7, 11) is 0. The van der Waals surface area contributed by atoms with Crippen LogP contribution in [-0.4, -0.2) is 12.6 Å². The maximum Gasteiger partial charge on any atom is 0.315 e. The maximum atomic E-state index is 12.0. The van der Waals surface area contributed by atoms with Crippen LogP contribution in [0, 0.1) is 13.8 Å². The van der Waals surface area contributed by atoms with Gasteiger partial charge < -0.3 is 10.6 Å². The van der Waals surface area contributed by atoms with Gasteiger partial charge in [0.15, 0.2) is 0 Å². The Morgan fingerprint density at radius 1 is 1.00 bits per heavy atom. The fraction of sp³-hybridized carbons (Fsp3) is 0.350. The highest BCUT2D eigenvalue weighted by atomic mass is 16.2. The molecule has 0 aliphatic heterocycles. The molecule has 2 N–H and O–H groups in total. The SMILES string of the molecule is Cc1ccc(C2(CNC(=O)NCc3cccc(C)c3)CC2)cc1. The first-order valence-electron chi connectivity index (χ1n) is 8.22. The molecule has 3 rings (SSSR count). The van der Waals surface area contributed by atoms with Gasteiger partial charge in [0.1, 0.15) is 0 Å². The summed E-state index contributed by atoms with van der Waals surface area (Å²) >= 11 is 0. The molecule has 1 aliphatic carbocycles. The van der Waals surface area contributed by atoms with Crippen molar-refractivity contribution in [3.8, 4) is 0 Å². The van der Waals surface area contributed by atoms with E-state index >= 15 is 0 Å². The summed E-state index contributed by atoms with van der Waals surface area (Å²) in [5, 5.41) is 5.97. The van der Waals surface area contributed by atoms with E-state index in [-0.39, 0.29) is 11.4 Å². The van der Waals surface area contributed by atoms with Crippen molar-refractivity contribution in [2.45, 2.75) is 38.6 Å². The van der Waals surface area contributed by atoms with E-state index in [1.165, 1.54) is 16.7 Å². The number of nitrogens with one attached hydrogen (secondary N) is 2. The second kappa shape index (κ2) is 6.45. The zero-order chi connectivity index (χ0) is 16.3. The van der Waals surface area contributed by atoms with E-state index < -0.39 is 0 Å². The van der Waals surface area contributed by atoms with Crippen molar-refractivity contribution in [1.29, 1.82) is 0 Å². The van der Waals surface area contributed by atoms with Gasteiger partial charge in [-0.25, -0.2) is 4.79 Å². The number of rotatable bonds is 5. The molecule has 2 aromatic carbocycles. The number of hydrogen-bond acceptors (Lipinski definition) is 1. The third-order valence-corrected chi connectivity index (χ3v) is 4.64. The lowest BCUT2D eigenvalue weighted by Gasteiger charge is -2.17. The standard InChI is InChI=1S/C20H24N2O/c1-15-6-8-18(9-7-15)20(10-11-20)14-22-19(23)21-13-17-5-3-4-16(2)12-17/h3-9,12H,10-11,13-14H2,1-2H3,(H2,21,22,23). The smallest absolute Gasteiger partial charge is 0.315 e. The van der Waals surface area contributed by atoms with E-state index in [1.54, 1.807) is 0 Å². The van der Waals surface area contributed by atoms with E-state index in [0.717, 1.165) is 18.4 Å². The third-order valence-electron chi connectivity index (χ3n) is 4.64. The molecule has 0 spiro atoms. The summed E-state index contributed by atoms with van der Waals surface area (Å²) in [5.41, 5.74) is 5.09. The molecular weight excluding hydrogens is 284 g/mol. The van der Waals surface area contributed by atoms with Gasteiger partial charge >= 0.3 is 6.03 Å². The summed E-state index contributed by atoms with van der Waals surface area (Å²) in [5.74, 6) is 0. The van der Waals surface area contributed by atoms with Gasteiger partial charge in [-0.05, 0) is 37.8 Å². The van der Waals surface area contributed by atoms with Gasteiger partial charge in [0.25, 0.3) is 0 Å². The van der Waals surface area contributed by atoms with E-state index in [4.69, 9.17) is 0 Å². The summed E-state index contributed by atoms with van der Waals surface area (Å²) < 4.78 is 0. The molecule has 0 saturated heterocycles. The summed E-state index contributed by atoms with van der Waals surface area (Å²) in [4.78, 5) is 12.0. The summed E-state index contributed by atoms with van der Waals surface area (Å²) in [6, 6.07) is 16.8. The average Bonchev–Trinajstić information content (AvgIpc) is 3.33. The first-order chi connectivity index (χ1) is 11.1. The molecule has 1 fully saturated rings. The molecule has 1 saturated carbocycles. The summed E-state index contributed by atoms with van der Waals surface area (Å²) in [6.07, 6.45) is 2.29. The molecule has 1 aliphatic rings. The fourth-order valence-corrected chi connectivity index (χ4v) is 2.94. The Morgan fingerprint density at radius 3 is 2.39 bits per heavy atom. The molecule has 120 valence electrons. The second-order valence-electron chi connectivity index (χ2n) is 6.67. The minimum absolute atomic E-state index is 0.0927. The van der Waals surface area contributed by atoms with Crippen LogP contribution in [0.5, 0.6) is 0 Å². The number of aryl methyl sites for hydroxylation is 2. The van der Waals surface area contributed by atoms with Crippen molar-refractivity contribution in [1.82, 2.24) is 10.6 Å². The van der Waals surface area contributed by atoms with Crippen LogP contribution in [0.2, 0.25) is 0 Å². The van der Waals surface area contributed by atoms with Crippen LogP contribution < -0.4 is 10.6 Å². The zero-order valence-electron chi connectivity index (χ0n) is 13.9. The quantitative estimate of drug-likeness (QED) is 0.866. The lowest BCUT2D eigenvalue weighted by atomic mass is 9.95. The normalized spacial score (nSPS) is 15.0. The molecule has 2 amide bonds. The Morgan fingerprint density at radius 2 is 1.74 bits per heavy atom. The highest BCUT2D eigenvalue weighted by Crippen LogP contribution is 2.47. The Balaban J connectivity index is 1.50. The third kappa shape index (κ3) is 3.92. The fourth-order valence-electron chi connectivity index (χ4n) is 2.94. The Kier molecular flexibility index (Phi) is 4.37. The second-order valence-corrected chi connectivity index (χ2v) is 6.67. The Hall–Kier alpha value is -2.29. The molecule has 0 aromatic heterocycles. The Bertz CT molecular complexity index is 687. The first kappa shape index (κ1) is 15.6. The van der Waals surface area contributed by atoms with Gasteiger partial charge in [0.2, 0.25) is 0 Å². The molecular formula is C20H24N2O. The molecule has 3 nitrogen and oxygen atoms in total. The predicted octanol–water partition coefficient (Wildman–Crippen LogP) is 3.83. The van der Waals surface area contributed by atoms with Crippen LogP contribution in [0.15, 0.2) is 48.5 Å². The van der Waals surface area contributed by atoms with E-state index in [9.17, 15) is 4.79 Å². The Labute approximate surface area is 138 Å². The maximum absolute atomic E-state index is 12.0. The van der Waals surface area contributed by atoms with Crippen molar-refractivity contribution < 1.29 is 4.79 Å². The number of carbonyl (C=O) groups excluding carboxylic acids is 1. The number of carbonyl (C=O) groups is 1. The van der Waals surface area contributed by atoms with E-state index in [2.05, 4.69) is 60.9 Å². The van der Waals surface area contributed by atoms with Crippen LogP contribution in [0.4, 0.5) is 4.79 Å². The van der Waals surface area contributed by atoms with E-state index in [0.29, 0.717) is 13.1 Å². The topological polar surface area (TPSA) is 41.1 Å². The van der Waals surface area contributed by atoms with Crippen LogP contribution >= 0.6 is 0 Å². The molecule has 0 radical (unpaired) electrons. The molecule has 0 unspecified atom stereocenters. The van der Waals surface area contributed by atoms with Crippen LogP contribution in [0.1, 0.15) is 35.1 Å². The lowest BCUT2D eigenvalue weighted by molar-refractivity contribution is 0.239. The predicted molar refractivity (Wildman–Crippen MR) is 93.5 cm³/mol. The van der Waals surface area contributed by atoms with Crippen molar-refractivity contribution in [3.63, 3.8) is 0 Å². The number of benzene rings is 2. The number of hydrogen-bond donors (Lipinski definition) is 2. The minimum Gasteiger partial charge on any atom is -0.337 e. The first-order valence-corrected chi connectivity index (χ1v) is 8.22. The molecule has 0 bridgehead atoms. The molecule has 23 heavy (non-hydrogen) atoms.